The molecule has 0 aliphatic carbocycles. The Hall–Kier alpha value is -1.55. The molecule has 0 bridgehead atoms. The minimum absolute atomic E-state index is 0.0797. The summed E-state index contributed by atoms with van der Waals surface area (Å²) in [7, 11) is 0. The largest absolute Gasteiger partial charge is 0.480 e. The number of carboxylic acids is 1. The molecular formula is C16H24N2O2. The molecule has 0 saturated carbocycles. The van der Waals surface area contributed by atoms with Gasteiger partial charge < -0.3 is 14.9 Å². The Bertz CT molecular complexity index is 425. The molecule has 0 atom stereocenters. The van der Waals surface area contributed by atoms with Gasteiger partial charge in [0.1, 0.15) is 6.54 Å². The zero-order valence-corrected chi connectivity index (χ0v) is 12.3. The summed E-state index contributed by atoms with van der Waals surface area (Å²) in [4.78, 5) is 15.6. The van der Waals surface area contributed by atoms with Gasteiger partial charge >= 0.3 is 5.97 Å². The van der Waals surface area contributed by atoms with Crippen molar-refractivity contribution in [3.05, 3.63) is 30.3 Å². The van der Waals surface area contributed by atoms with Crippen LogP contribution < -0.4 is 4.90 Å². The summed E-state index contributed by atoms with van der Waals surface area (Å²) in [6, 6.07) is 10.8. The highest BCUT2D eigenvalue weighted by Crippen LogP contribution is 2.24. The second-order valence-electron chi connectivity index (χ2n) is 5.72. The van der Waals surface area contributed by atoms with Crippen LogP contribution in [0.5, 0.6) is 0 Å². The van der Waals surface area contributed by atoms with Crippen LogP contribution >= 0.6 is 0 Å². The molecule has 1 aromatic rings. The second-order valence-corrected chi connectivity index (χ2v) is 5.72. The fourth-order valence-electron chi connectivity index (χ4n) is 2.91. The van der Waals surface area contributed by atoms with E-state index in [4.69, 9.17) is 5.11 Å². The summed E-state index contributed by atoms with van der Waals surface area (Å²) in [5.74, 6) is -0.764. The normalized spacial score (nSPS) is 17.4. The predicted molar refractivity (Wildman–Crippen MR) is 81.2 cm³/mol. The summed E-state index contributed by atoms with van der Waals surface area (Å²) >= 11 is 0. The third-order valence-electron chi connectivity index (χ3n) is 4.06. The molecule has 2 rings (SSSR count). The minimum Gasteiger partial charge on any atom is -0.480 e. The Morgan fingerprint density at radius 2 is 1.90 bits per heavy atom. The van der Waals surface area contributed by atoms with Crippen LogP contribution in [-0.2, 0) is 4.79 Å². The summed E-state index contributed by atoms with van der Waals surface area (Å²) in [6.45, 7) is 6.60. The van der Waals surface area contributed by atoms with Gasteiger partial charge in [-0.2, -0.15) is 0 Å². The van der Waals surface area contributed by atoms with Crippen molar-refractivity contribution in [1.29, 1.82) is 0 Å². The van der Waals surface area contributed by atoms with Crippen molar-refractivity contribution in [2.24, 2.45) is 0 Å². The Kier molecular flexibility index (Phi) is 5.01. The van der Waals surface area contributed by atoms with E-state index in [1.165, 1.54) is 0 Å². The van der Waals surface area contributed by atoms with E-state index in [-0.39, 0.29) is 6.54 Å². The molecule has 1 aliphatic heterocycles. The molecule has 20 heavy (non-hydrogen) atoms. The third-order valence-corrected chi connectivity index (χ3v) is 4.06. The molecule has 1 aromatic carbocycles. The average Bonchev–Trinajstić information content (AvgIpc) is 2.45. The van der Waals surface area contributed by atoms with E-state index in [1.807, 2.05) is 35.2 Å². The van der Waals surface area contributed by atoms with E-state index in [2.05, 4.69) is 18.7 Å². The molecule has 0 spiro atoms. The number of piperidine rings is 1. The fourth-order valence-corrected chi connectivity index (χ4v) is 2.91. The Morgan fingerprint density at radius 3 is 2.40 bits per heavy atom. The molecule has 4 nitrogen and oxygen atoms in total. The van der Waals surface area contributed by atoms with E-state index in [0.29, 0.717) is 12.1 Å². The number of benzene rings is 1. The lowest BCUT2D eigenvalue weighted by Gasteiger charge is -2.40. The molecule has 1 fully saturated rings. The van der Waals surface area contributed by atoms with Crippen LogP contribution in [0.25, 0.3) is 0 Å². The predicted octanol–water partition coefficient (Wildman–Crippen LogP) is 2.45. The molecule has 0 radical (unpaired) electrons. The quantitative estimate of drug-likeness (QED) is 0.897. The average molecular weight is 276 g/mol. The first-order chi connectivity index (χ1) is 9.58. The number of nitrogens with zero attached hydrogens (tertiary/aromatic N) is 2. The highest BCUT2D eigenvalue weighted by Gasteiger charge is 2.26. The van der Waals surface area contributed by atoms with Crippen molar-refractivity contribution in [3.63, 3.8) is 0 Å². The smallest absolute Gasteiger partial charge is 0.323 e. The van der Waals surface area contributed by atoms with Crippen LogP contribution in [-0.4, -0.2) is 47.7 Å². The molecule has 1 saturated heterocycles. The summed E-state index contributed by atoms with van der Waals surface area (Å²) in [5, 5.41) is 9.16. The van der Waals surface area contributed by atoms with Crippen molar-refractivity contribution in [2.75, 3.05) is 24.5 Å². The van der Waals surface area contributed by atoms with E-state index in [9.17, 15) is 4.79 Å². The van der Waals surface area contributed by atoms with Crippen molar-refractivity contribution >= 4 is 11.7 Å². The first kappa shape index (κ1) is 14.9. The van der Waals surface area contributed by atoms with Crippen LogP contribution in [0.15, 0.2) is 30.3 Å². The van der Waals surface area contributed by atoms with Crippen LogP contribution in [0.1, 0.15) is 26.7 Å². The number of anilines is 1. The highest BCUT2D eigenvalue weighted by molar-refractivity contribution is 5.74. The van der Waals surface area contributed by atoms with E-state index < -0.39 is 5.97 Å². The number of carboxylic acid groups (broad SMARTS) is 1. The van der Waals surface area contributed by atoms with Crippen LogP contribution in [0.4, 0.5) is 5.69 Å². The van der Waals surface area contributed by atoms with Crippen molar-refractivity contribution in [2.45, 2.75) is 38.8 Å². The van der Waals surface area contributed by atoms with Gasteiger partial charge in [0, 0.05) is 30.9 Å². The lowest BCUT2D eigenvalue weighted by Crippen LogP contribution is -2.48. The molecule has 110 valence electrons. The molecule has 0 unspecified atom stereocenters. The van der Waals surface area contributed by atoms with Gasteiger partial charge in [-0.15, -0.1) is 0 Å². The third kappa shape index (κ3) is 3.73. The lowest BCUT2D eigenvalue weighted by molar-refractivity contribution is -0.135. The second kappa shape index (κ2) is 6.75. The Labute approximate surface area is 121 Å². The lowest BCUT2D eigenvalue weighted by atomic mass is 10.0. The number of likely N-dealkylation sites (tertiary alicyclic amines) is 1. The van der Waals surface area contributed by atoms with Crippen molar-refractivity contribution in [3.8, 4) is 0 Å². The highest BCUT2D eigenvalue weighted by atomic mass is 16.4. The first-order valence-electron chi connectivity index (χ1n) is 7.35. The van der Waals surface area contributed by atoms with Crippen LogP contribution in [0.2, 0.25) is 0 Å². The summed E-state index contributed by atoms with van der Waals surface area (Å²) in [6.07, 6.45) is 2.06. The maximum Gasteiger partial charge on any atom is 0.323 e. The summed E-state index contributed by atoms with van der Waals surface area (Å²) < 4.78 is 0. The van der Waals surface area contributed by atoms with Crippen LogP contribution in [0, 0.1) is 0 Å². The van der Waals surface area contributed by atoms with Crippen molar-refractivity contribution in [1.82, 2.24) is 4.90 Å². The Balaban J connectivity index is 2.07. The standard InChI is InChI=1S/C16H24N2O2/c1-13(2)17-10-8-15(9-11-17)18(12-16(19)20)14-6-4-3-5-7-14/h3-7,13,15H,8-12H2,1-2H3,(H,19,20). The fraction of sp³-hybridized carbons (Fsp3) is 0.562. The van der Waals surface area contributed by atoms with Gasteiger partial charge in [-0.05, 0) is 38.8 Å². The minimum atomic E-state index is -0.764. The topological polar surface area (TPSA) is 43.8 Å². The maximum absolute atomic E-state index is 11.1. The number of aliphatic carboxylic acids is 1. The zero-order chi connectivity index (χ0) is 14.5. The summed E-state index contributed by atoms with van der Waals surface area (Å²) in [5.41, 5.74) is 1.01. The molecule has 1 aliphatic rings. The zero-order valence-electron chi connectivity index (χ0n) is 12.3. The van der Waals surface area contributed by atoms with E-state index in [1.54, 1.807) is 0 Å². The molecule has 4 heteroatoms. The van der Waals surface area contributed by atoms with Gasteiger partial charge in [-0.1, -0.05) is 18.2 Å². The van der Waals surface area contributed by atoms with Gasteiger partial charge in [-0.3, -0.25) is 4.79 Å². The van der Waals surface area contributed by atoms with E-state index >= 15 is 0 Å². The number of carbonyl (C=O) groups is 1. The number of para-hydroxylation sites is 1. The van der Waals surface area contributed by atoms with Gasteiger partial charge in [0.05, 0.1) is 0 Å². The van der Waals surface area contributed by atoms with Crippen molar-refractivity contribution < 1.29 is 9.90 Å². The van der Waals surface area contributed by atoms with Gasteiger partial charge in [0.25, 0.3) is 0 Å². The maximum atomic E-state index is 11.1. The van der Waals surface area contributed by atoms with E-state index in [0.717, 1.165) is 31.6 Å². The molecule has 1 heterocycles. The Morgan fingerprint density at radius 1 is 1.30 bits per heavy atom. The van der Waals surface area contributed by atoms with Gasteiger partial charge in [0.15, 0.2) is 0 Å². The number of hydrogen-bond acceptors (Lipinski definition) is 3. The molecule has 0 amide bonds. The molecule has 0 aromatic heterocycles. The van der Waals surface area contributed by atoms with Gasteiger partial charge in [0.2, 0.25) is 0 Å². The number of rotatable bonds is 5. The first-order valence-corrected chi connectivity index (χ1v) is 7.35. The monoisotopic (exact) mass is 276 g/mol. The number of hydrogen-bond donors (Lipinski definition) is 1. The SMILES string of the molecule is CC(C)N1CCC(N(CC(=O)O)c2ccccc2)CC1. The van der Waals surface area contributed by atoms with Gasteiger partial charge in [-0.25, -0.2) is 0 Å². The molecular weight excluding hydrogens is 252 g/mol. The molecule has 1 N–H and O–H groups in total. The van der Waals surface area contributed by atoms with Crippen LogP contribution in [0.3, 0.4) is 0 Å².